The lowest BCUT2D eigenvalue weighted by Gasteiger charge is -2.27. The molecule has 0 aromatic heterocycles. The SMILES string of the molecule is CCCNC(c1ccc(OC)cc1OC)C(C)C1CC1. The lowest BCUT2D eigenvalue weighted by molar-refractivity contribution is 0.330. The first kappa shape index (κ1) is 15.2. The van der Waals surface area contributed by atoms with Gasteiger partial charge in [0.2, 0.25) is 0 Å². The quantitative estimate of drug-likeness (QED) is 0.784. The second-order valence-corrected chi connectivity index (χ2v) is 5.74. The van der Waals surface area contributed by atoms with Crippen molar-refractivity contribution in [1.29, 1.82) is 0 Å². The van der Waals surface area contributed by atoms with Crippen LogP contribution in [-0.4, -0.2) is 20.8 Å². The Labute approximate surface area is 122 Å². The highest BCUT2D eigenvalue weighted by molar-refractivity contribution is 5.43. The smallest absolute Gasteiger partial charge is 0.127 e. The van der Waals surface area contributed by atoms with Gasteiger partial charge in [0.25, 0.3) is 0 Å². The fourth-order valence-corrected chi connectivity index (χ4v) is 2.85. The van der Waals surface area contributed by atoms with E-state index in [9.17, 15) is 0 Å². The molecule has 1 aliphatic rings. The van der Waals surface area contributed by atoms with Crippen molar-refractivity contribution in [3.05, 3.63) is 23.8 Å². The summed E-state index contributed by atoms with van der Waals surface area (Å²) in [5.74, 6) is 3.27. The van der Waals surface area contributed by atoms with Crippen LogP contribution in [0.3, 0.4) is 0 Å². The van der Waals surface area contributed by atoms with Gasteiger partial charge < -0.3 is 14.8 Å². The van der Waals surface area contributed by atoms with Gasteiger partial charge in [0.05, 0.1) is 14.2 Å². The molecule has 20 heavy (non-hydrogen) atoms. The molecular weight excluding hydrogens is 250 g/mol. The second-order valence-electron chi connectivity index (χ2n) is 5.74. The van der Waals surface area contributed by atoms with E-state index in [1.165, 1.54) is 18.4 Å². The highest BCUT2D eigenvalue weighted by Crippen LogP contribution is 2.44. The third kappa shape index (κ3) is 3.45. The molecule has 112 valence electrons. The minimum Gasteiger partial charge on any atom is -0.497 e. The molecule has 1 aromatic carbocycles. The first-order chi connectivity index (χ1) is 9.71. The van der Waals surface area contributed by atoms with E-state index in [1.54, 1.807) is 14.2 Å². The maximum atomic E-state index is 5.58. The summed E-state index contributed by atoms with van der Waals surface area (Å²) in [5, 5.41) is 3.70. The standard InChI is InChI=1S/C17H27NO2/c1-5-10-18-17(12(2)13-6-7-13)15-9-8-14(19-3)11-16(15)20-4/h8-9,11-13,17-18H,5-7,10H2,1-4H3. The Morgan fingerprint density at radius 1 is 1.25 bits per heavy atom. The number of rotatable bonds is 8. The first-order valence-corrected chi connectivity index (χ1v) is 7.66. The zero-order chi connectivity index (χ0) is 14.5. The largest absolute Gasteiger partial charge is 0.497 e. The van der Waals surface area contributed by atoms with E-state index in [4.69, 9.17) is 9.47 Å². The van der Waals surface area contributed by atoms with Crippen molar-refractivity contribution < 1.29 is 9.47 Å². The van der Waals surface area contributed by atoms with E-state index in [1.807, 2.05) is 12.1 Å². The minimum absolute atomic E-state index is 0.364. The average Bonchev–Trinajstić information content (AvgIpc) is 3.32. The van der Waals surface area contributed by atoms with Crippen LogP contribution in [0.2, 0.25) is 0 Å². The third-order valence-corrected chi connectivity index (χ3v) is 4.28. The molecule has 2 atom stereocenters. The van der Waals surface area contributed by atoms with Gasteiger partial charge in [0, 0.05) is 17.7 Å². The van der Waals surface area contributed by atoms with Crippen LogP contribution in [0.25, 0.3) is 0 Å². The van der Waals surface area contributed by atoms with E-state index >= 15 is 0 Å². The number of nitrogens with one attached hydrogen (secondary N) is 1. The van der Waals surface area contributed by atoms with Gasteiger partial charge in [-0.15, -0.1) is 0 Å². The molecule has 0 bridgehead atoms. The average molecular weight is 277 g/mol. The van der Waals surface area contributed by atoms with Gasteiger partial charge in [-0.05, 0) is 43.7 Å². The Morgan fingerprint density at radius 3 is 2.55 bits per heavy atom. The molecule has 1 aliphatic carbocycles. The van der Waals surface area contributed by atoms with Crippen LogP contribution in [0.15, 0.2) is 18.2 Å². The Hall–Kier alpha value is -1.22. The molecule has 1 saturated carbocycles. The molecule has 2 unspecified atom stereocenters. The van der Waals surface area contributed by atoms with Gasteiger partial charge in [-0.25, -0.2) is 0 Å². The van der Waals surface area contributed by atoms with Crippen molar-refractivity contribution in [2.24, 2.45) is 11.8 Å². The monoisotopic (exact) mass is 277 g/mol. The zero-order valence-electron chi connectivity index (χ0n) is 13.1. The van der Waals surface area contributed by atoms with Gasteiger partial charge in [-0.2, -0.15) is 0 Å². The number of ether oxygens (including phenoxy) is 2. The van der Waals surface area contributed by atoms with Crippen molar-refractivity contribution in [3.8, 4) is 11.5 Å². The van der Waals surface area contributed by atoms with Crippen molar-refractivity contribution in [1.82, 2.24) is 5.32 Å². The normalized spacial score (nSPS) is 17.6. The fourth-order valence-electron chi connectivity index (χ4n) is 2.85. The van der Waals surface area contributed by atoms with Gasteiger partial charge >= 0.3 is 0 Å². The molecule has 3 heteroatoms. The summed E-state index contributed by atoms with van der Waals surface area (Å²) >= 11 is 0. The van der Waals surface area contributed by atoms with Gasteiger partial charge in [-0.3, -0.25) is 0 Å². The van der Waals surface area contributed by atoms with Gasteiger partial charge in [0.1, 0.15) is 11.5 Å². The number of hydrogen-bond donors (Lipinski definition) is 1. The van der Waals surface area contributed by atoms with E-state index in [-0.39, 0.29) is 0 Å². The van der Waals surface area contributed by atoms with Crippen molar-refractivity contribution in [2.75, 3.05) is 20.8 Å². The molecule has 0 aliphatic heterocycles. The maximum absolute atomic E-state index is 5.58. The fraction of sp³-hybridized carbons (Fsp3) is 0.647. The maximum Gasteiger partial charge on any atom is 0.127 e. The zero-order valence-corrected chi connectivity index (χ0v) is 13.1. The Balaban J connectivity index is 2.26. The molecule has 2 rings (SSSR count). The van der Waals surface area contributed by atoms with Gasteiger partial charge in [0.15, 0.2) is 0 Å². The predicted octanol–water partition coefficient (Wildman–Crippen LogP) is 3.79. The first-order valence-electron chi connectivity index (χ1n) is 7.66. The van der Waals surface area contributed by atoms with Crippen molar-refractivity contribution in [2.45, 2.75) is 39.2 Å². The molecule has 1 N–H and O–H groups in total. The van der Waals surface area contributed by atoms with Crippen LogP contribution in [0, 0.1) is 11.8 Å². The molecule has 1 aromatic rings. The summed E-state index contributed by atoms with van der Waals surface area (Å²) < 4.78 is 10.9. The Kier molecular flexibility index (Phi) is 5.30. The van der Waals surface area contributed by atoms with Crippen LogP contribution in [-0.2, 0) is 0 Å². The molecule has 0 heterocycles. The minimum atomic E-state index is 0.364. The lowest BCUT2D eigenvalue weighted by Crippen LogP contribution is -2.29. The summed E-state index contributed by atoms with van der Waals surface area (Å²) in [4.78, 5) is 0. The van der Waals surface area contributed by atoms with Crippen LogP contribution < -0.4 is 14.8 Å². The molecule has 0 amide bonds. The predicted molar refractivity (Wildman–Crippen MR) is 82.5 cm³/mol. The van der Waals surface area contributed by atoms with Crippen molar-refractivity contribution >= 4 is 0 Å². The Morgan fingerprint density at radius 2 is 2.00 bits per heavy atom. The number of hydrogen-bond acceptors (Lipinski definition) is 3. The lowest BCUT2D eigenvalue weighted by atomic mass is 9.90. The topological polar surface area (TPSA) is 30.5 Å². The van der Waals surface area contributed by atoms with E-state index in [0.29, 0.717) is 12.0 Å². The molecule has 0 spiro atoms. The van der Waals surface area contributed by atoms with Crippen LogP contribution in [0.4, 0.5) is 0 Å². The summed E-state index contributed by atoms with van der Waals surface area (Å²) in [6.45, 7) is 5.60. The highest BCUT2D eigenvalue weighted by atomic mass is 16.5. The second kappa shape index (κ2) is 6.98. The van der Waals surface area contributed by atoms with Crippen LogP contribution in [0.1, 0.15) is 44.7 Å². The molecule has 3 nitrogen and oxygen atoms in total. The van der Waals surface area contributed by atoms with Crippen molar-refractivity contribution in [3.63, 3.8) is 0 Å². The van der Waals surface area contributed by atoms with E-state index < -0.39 is 0 Å². The Bertz CT molecular complexity index is 429. The third-order valence-electron chi connectivity index (χ3n) is 4.28. The van der Waals surface area contributed by atoms with E-state index in [0.717, 1.165) is 30.4 Å². The van der Waals surface area contributed by atoms with Crippen LogP contribution in [0.5, 0.6) is 11.5 Å². The summed E-state index contributed by atoms with van der Waals surface area (Å²) in [5.41, 5.74) is 1.25. The highest BCUT2D eigenvalue weighted by Gasteiger charge is 2.34. The summed E-state index contributed by atoms with van der Waals surface area (Å²) in [6, 6.07) is 6.51. The number of methoxy groups -OCH3 is 2. The number of benzene rings is 1. The molecule has 0 radical (unpaired) electrons. The molecule has 1 fully saturated rings. The molecular formula is C17H27NO2. The van der Waals surface area contributed by atoms with E-state index in [2.05, 4.69) is 25.2 Å². The molecule has 0 saturated heterocycles. The summed E-state index contributed by atoms with van der Waals surface area (Å²) in [7, 11) is 3.42. The summed E-state index contributed by atoms with van der Waals surface area (Å²) in [6.07, 6.45) is 3.88. The van der Waals surface area contributed by atoms with Crippen LogP contribution >= 0.6 is 0 Å². The van der Waals surface area contributed by atoms with Gasteiger partial charge in [-0.1, -0.05) is 19.9 Å².